The second-order valence-electron chi connectivity index (χ2n) is 5.06. The molecule has 0 aliphatic carbocycles. The van der Waals surface area contributed by atoms with E-state index in [1.807, 2.05) is 10.7 Å². The lowest BCUT2D eigenvalue weighted by Gasteiger charge is -2.24. The highest BCUT2D eigenvalue weighted by Gasteiger charge is 2.21. The second kappa shape index (κ2) is 5.55. The summed E-state index contributed by atoms with van der Waals surface area (Å²) in [5.41, 5.74) is 1.40. The molecule has 1 amide bonds. The van der Waals surface area contributed by atoms with E-state index in [1.54, 1.807) is 12.3 Å². The third-order valence-corrected chi connectivity index (χ3v) is 3.70. The molecule has 1 N–H and O–H groups in total. The first-order valence-corrected chi connectivity index (χ1v) is 6.82. The molecule has 2 aromatic rings. The Kier molecular flexibility index (Phi) is 3.60. The number of methoxy groups -OCH3 is 1. The molecule has 1 unspecified atom stereocenters. The fraction of sp³-hybridized carbons (Fsp3) is 0.333. The number of aryl methyl sites for hydroxylation is 1. The van der Waals surface area contributed by atoms with Crippen molar-refractivity contribution in [2.75, 3.05) is 7.11 Å². The largest absolute Gasteiger partial charge is 0.494 e. The van der Waals surface area contributed by atoms with Crippen molar-refractivity contribution < 1.29 is 13.9 Å². The molecule has 0 bridgehead atoms. The van der Waals surface area contributed by atoms with Crippen molar-refractivity contribution in [3.63, 3.8) is 0 Å². The second-order valence-corrected chi connectivity index (χ2v) is 5.06. The summed E-state index contributed by atoms with van der Waals surface area (Å²) in [7, 11) is 1.39. The van der Waals surface area contributed by atoms with E-state index in [0.717, 1.165) is 25.1 Å². The van der Waals surface area contributed by atoms with Gasteiger partial charge in [0.1, 0.15) is 0 Å². The molecular weight excluding hydrogens is 273 g/mol. The van der Waals surface area contributed by atoms with E-state index >= 15 is 0 Å². The lowest BCUT2D eigenvalue weighted by Crippen LogP contribution is -2.40. The molecule has 0 saturated carbocycles. The molecule has 2 heterocycles. The maximum absolute atomic E-state index is 13.6. The van der Waals surface area contributed by atoms with Crippen LogP contribution >= 0.6 is 0 Å². The van der Waals surface area contributed by atoms with Gasteiger partial charge in [-0.15, -0.1) is 0 Å². The van der Waals surface area contributed by atoms with Crippen LogP contribution < -0.4 is 10.1 Å². The van der Waals surface area contributed by atoms with Crippen LogP contribution in [-0.4, -0.2) is 28.8 Å². The van der Waals surface area contributed by atoms with Crippen LogP contribution in [0.4, 0.5) is 4.39 Å². The van der Waals surface area contributed by atoms with Crippen molar-refractivity contribution in [1.82, 2.24) is 15.1 Å². The van der Waals surface area contributed by atoms with Crippen LogP contribution in [0, 0.1) is 5.82 Å². The number of nitrogens with one attached hydrogen (secondary N) is 1. The van der Waals surface area contributed by atoms with Gasteiger partial charge >= 0.3 is 0 Å². The van der Waals surface area contributed by atoms with Gasteiger partial charge < -0.3 is 10.1 Å². The first-order valence-electron chi connectivity index (χ1n) is 6.82. The summed E-state index contributed by atoms with van der Waals surface area (Å²) >= 11 is 0. The minimum Gasteiger partial charge on any atom is -0.494 e. The Hall–Kier alpha value is -2.37. The molecule has 1 aliphatic rings. The van der Waals surface area contributed by atoms with E-state index < -0.39 is 5.82 Å². The quantitative estimate of drug-likeness (QED) is 0.937. The number of hydrogen-bond donors (Lipinski definition) is 1. The number of carbonyl (C=O) groups is 1. The number of halogens is 1. The van der Waals surface area contributed by atoms with Crippen LogP contribution in [0.25, 0.3) is 0 Å². The molecule has 1 aliphatic heterocycles. The summed E-state index contributed by atoms with van der Waals surface area (Å²) in [6, 6.07) is 6.21. The number of rotatable bonds is 3. The average molecular weight is 289 g/mol. The van der Waals surface area contributed by atoms with Crippen LogP contribution in [0.1, 0.15) is 22.5 Å². The number of benzene rings is 1. The number of fused-ring (bicyclic) bond motifs is 1. The summed E-state index contributed by atoms with van der Waals surface area (Å²) in [5.74, 6) is -0.672. The SMILES string of the molecule is COc1ccc(C(=O)NC2CCn3nccc3C2)cc1F. The van der Waals surface area contributed by atoms with E-state index in [0.29, 0.717) is 5.56 Å². The van der Waals surface area contributed by atoms with Gasteiger partial charge in [0.15, 0.2) is 11.6 Å². The van der Waals surface area contributed by atoms with E-state index in [2.05, 4.69) is 10.4 Å². The Balaban J connectivity index is 1.68. The summed E-state index contributed by atoms with van der Waals surface area (Å²) in [4.78, 5) is 12.2. The summed E-state index contributed by atoms with van der Waals surface area (Å²) in [6.45, 7) is 0.782. The lowest BCUT2D eigenvalue weighted by molar-refractivity contribution is 0.0929. The fourth-order valence-corrected chi connectivity index (χ4v) is 2.57. The van der Waals surface area contributed by atoms with Crippen molar-refractivity contribution >= 4 is 5.91 Å². The van der Waals surface area contributed by atoms with Gasteiger partial charge in [-0.05, 0) is 30.7 Å². The number of nitrogens with zero attached hydrogens (tertiary/aromatic N) is 2. The Morgan fingerprint density at radius 3 is 3.10 bits per heavy atom. The topological polar surface area (TPSA) is 56.1 Å². The van der Waals surface area contributed by atoms with Crippen molar-refractivity contribution in [1.29, 1.82) is 0 Å². The van der Waals surface area contributed by atoms with Gasteiger partial charge in [-0.3, -0.25) is 9.48 Å². The van der Waals surface area contributed by atoms with E-state index in [9.17, 15) is 9.18 Å². The predicted molar refractivity (Wildman–Crippen MR) is 74.8 cm³/mol. The van der Waals surface area contributed by atoms with E-state index in [-0.39, 0.29) is 17.7 Å². The van der Waals surface area contributed by atoms with Crippen LogP contribution in [0.3, 0.4) is 0 Å². The van der Waals surface area contributed by atoms with Crippen molar-refractivity contribution in [2.24, 2.45) is 0 Å². The van der Waals surface area contributed by atoms with E-state index in [1.165, 1.54) is 19.2 Å². The predicted octanol–water partition coefficient (Wildman–Crippen LogP) is 1.78. The smallest absolute Gasteiger partial charge is 0.251 e. The molecule has 1 aromatic carbocycles. The van der Waals surface area contributed by atoms with Gasteiger partial charge in [0.25, 0.3) is 5.91 Å². The molecule has 3 rings (SSSR count). The zero-order valence-corrected chi connectivity index (χ0v) is 11.7. The third-order valence-electron chi connectivity index (χ3n) is 3.70. The van der Waals surface area contributed by atoms with Gasteiger partial charge in [0, 0.05) is 36.5 Å². The Morgan fingerprint density at radius 2 is 2.33 bits per heavy atom. The number of carbonyl (C=O) groups excluding carboxylic acids is 1. The highest BCUT2D eigenvalue weighted by atomic mass is 19.1. The molecule has 110 valence electrons. The molecule has 21 heavy (non-hydrogen) atoms. The number of aromatic nitrogens is 2. The number of ether oxygens (including phenoxy) is 1. The van der Waals surface area contributed by atoms with Gasteiger partial charge in [0.2, 0.25) is 0 Å². The summed E-state index contributed by atoms with van der Waals surface area (Å²) in [5, 5.41) is 7.14. The molecule has 1 atom stereocenters. The molecule has 1 aromatic heterocycles. The van der Waals surface area contributed by atoms with Crippen molar-refractivity contribution in [3.05, 3.63) is 47.5 Å². The van der Waals surface area contributed by atoms with Crippen LogP contribution in [0.5, 0.6) is 5.75 Å². The molecule has 6 heteroatoms. The van der Waals surface area contributed by atoms with Crippen molar-refractivity contribution in [3.8, 4) is 5.75 Å². The zero-order valence-electron chi connectivity index (χ0n) is 11.7. The molecule has 0 fully saturated rings. The third kappa shape index (κ3) is 2.74. The van der Waals surface area contributed by atoms with Crippen LogP contribution in [0.2, 0.25) is 0 Å². The van der Waals surface area contributed by atoms with E-state index in [4.69, 9.17) is 4.74 Å². The van der Waals surface area contributed by atoms with Gasteiger partial charge in [-0.25, -0.2) is 4.39 Å². The molecule has 0 radical (unpaired) electrons. The highest BCUT2D eigenvalue weighted by molar-refractivity contribution is 5.94. The average Bonchev–Trinajstić information content (AvgIpc) is 2.94. The lowest BCUT2D eigenvalue weighted by atomic mass is 10.0. The number of hydrogen-bond acceptors (Lipinski definition) is 3. The maximum atomic E-state index is 13.6. The highest BCUT2D eigenvalue weighted by Crippen LogP contribution is 2.19. The first kappa shape index (κ1) is 13.6. The summed E-state index contributed by atoms with van der Waals surface area (Å²) < 4.78 is 20.4. The normalized spacial score (nSPS) is 17.1. The Bertz CT molecular complexity index is 669. The standard InChI is InChI=1S/C15H16FN3O2/c1-21-14-3-2-10(8-13(14)16)15(20)18-11-5-7-19-12(9-11)4-6-17-19/h2-4,6,8,11H,5,7,9H2,1H3,(H,18,20). The van der Waals surface area contributed by atoms with Gasteiger partial charge in [0.05, 0.1) is 7.11 Å². The molecule has 0 spiro atoms. The first-order chi connectivity index (χ1) is 10.2. The molecular formula is C15H16FN3O2. The maximum Gasteiger partial charge on any atom is 0.251 e. The molecule has 0 saturated heterocycles. The zero-order chi connectivity index (χ0) is 14.8. The van der Waals surface area contributed by atoms with Crippen LogP contribution in [0.15, 0.2) is 30.5 Å². The Labute approximate surface area is 121 Å². The minimum absolute atomic E-state index is 0.0480. The van der Waals surface area contributed by atoms with Gasteiger partial charge in [-0.1, -0.05) is 0 Å². The Morgan fingerprint density at radius 1 is 1.48 bits per heavy atom. The van der Waals surface area contributed by atoms with Crippen LogP contribution in [-0.2, 0) is 13.0 Å². The summed E-state index contributed by atoms with van der Waals surface area (Å²) in [6.07, 6.45) is 3.32. The number of amides is 1. The molecule has 5 nitrogen and oxygen atoms in total. The van der Waals surface area contributed by atoms with Crippen molar-refractivity contribution in [2.45, 2.75) is 25.4 Å². The fourth-order valence-electron chi connectivity index (χ4n) is 2.57. The monoisotopic (exact) mass is 289 g/mol. The minimum atomic E-state index is -0.535. The van der Waals surface area contributed by atoms with Gasteiger partial charge in [-0.2, -0.15) is 5.10 Å².